The van der Waals surface area contributed by atoms with Gasteiger partial charge in [0.15, 0.2) is 0 Å². The number of likely N-dealkylation sites (tertiary alicyclic amines) is 1. The van der Waals surface area contributed by atoms with E-state index in [9.17, 15) is 4.79 Å². The van der Waals surface area contributed by atoms with Gasteiger partial charge in [0.1, 0.15) is 17.6 Å². The highest BCUT2D eigenvalue weighted by molar-refractivity contribution is 5.93. The molecule has 0 bridgehead atoms. The van der Waals surface area contributed by atoms with E-state index in [1.807, 2.05) is 44.2 Å². The highest BCUT2D eigenvalue weighted by Crippen LogP contribution is 2.19. The lowest BCUT2D eigenvalue weighted by Gasteiger charge is -2.32. The van der Waals surface area contributed by atoms with Crippen molar-refractivity contribution in [2.24, 2.45) is 0 Å². The lowest BCUT2D eigenvalue weighted by Crippen LogP contribution is -2.44. The second-order valence-corrected chi connectivity index (χ2v) is 6.77. The van der Waals surface area contributed by atoms with Gasteiger partial charge in [0.2, 0.25) is 5.88 Å². The van der Waals surface area contributed by atoms with Crippen LogP contribution in [0.3, 0.4) is 0 Å². The predicted molar refractivity (Wildman–Crippen MR) is 101 cm³/mol. The molecule has 1 unspecified atom stereocenters. The molecule has 0 saturated carbocycles. The van der Waals surface area contributed by atoms with E-state index in [0.717, 1.165) is 29.6 Å². The van der Waals surface area contributed by atoms with Crippen molar-refractivity contribution in [3.63, 3.8) is 0 Å². The second kappa shape index (κ2) is 7.26. The number of para-hydroxylation sites is 2. The Morgan fingerprint density at radius 2 is 1.96 bits per heavy atom. The molecule has 0 N–H and O–H groups in total. The average Bonchev–Trinajstić information content (AvgIpc) is 2.66. The van der Waals surface area contributed by atoms with Crippen LogP contribution in [0.1, 0.15) is 34.8 Å². The van der Waals surface area contributed by atoms with Crippen LogP contribution in [0.25, 0.3) is 11.0 Å². The first-order valence-corrected chi connectivity index (χ1v) is 9.08. The first kappa shape index (κ1) is 17.3. The Bertz CT molecular complexity index is 971. The van der Waals surface area contributed by atoms with Crippen molar-refractivity contribution in [1.29, 1.82) is 0 Å². The summed E-state index contributed by atoms with van der Waals surface area (Å²) in [5.74, 6) is 1.13. The number of carbonyl (C=O) groups is 1. The SMILES string of the molecule is Cc1cc(OC2CCCN(C(=O)c3cnc4ccccc4n3)C2)nc(C)n1. The topological polar surface area (TPSA) is 81.1 Å². The minimum atomic E-state index is -0.114. The first-order chi connectivity index (χ1) is 13.1. The summed E-state index contributed by atoms with van der Waals surface area (Å²) in [4.78, 5) is 32.1. The van der Waals surface area contributed by atoms with Crippen LogP contribution in [0.5, 0.6) is 5.88 Å². The molecule has 0 aliphatic carbocycles. The fourth-order valence-corrected chi connectivity index (χ4v) is 3.36. The van der Waals surface area contributed by atoms with Crippen molar-refractivity contribution in [2.45, 2.75) is 32.8 Å². The lowest BCUT2D eigenvalue weighted by atomic mass is 10.1. The van der Waals surface area contributed by atoms with Gasteiger partial charge in [-0.3, -0.25) is 9.78 Å². The molecule has 3 heterocycles. The number of rotatable bonds is 3. The lowest BCUT2D eigenvalue weighted by molar-refractivity contribution is 0.0521. The van der Waals surface area contributed by atoms with Crippen molar-refractivity contribution >= 4 is 16.9 Å². The maximum atomic E-state index is 12.9. The van der Waals surface area contributed by atoms with Crippen molar-refractivity contribution in [2.75, 3.05) is 13.1 Å². The summed E-state index contributed by atoms with van der Waals surface area (Å²) in [6.07, 6.45) is 3.21. The maximum absolute atomic E-state index is 12.9. The van der Waals surface area contributed by atoms with Gasteiger partial charge < -0.3 is 9.64 Å². The number of benzene rings is 1. The van der Waals surface area contributed by atoms with Crippen LogP contribution in [0.4, 0.5) is 0 Å². The van der Waals surface area contributed by atoms with Crippen molar-refractivity contribution in [3.8, 4) is 5.88 Å². The highest BCUT2D eigenvalue weighted by atomic mass is 16.5. The third-order valence-corrected chi connectivity index (χ3v) is 4.56. The van der Waals surface area contributed by atoms with Crippen LogP contribution in [0, 0.1) is 13.8 Å². The molecule has 3 aromatic rings. The van der Waals surface area contributed by atoms with Gasteiger partial charge in [-0.25, -0.2) is 9.97 Å². The summed E-state index contributed by atoms with van der Waals surface area (Å²) < 4.78 is 6.02. The first-order valence-electron chi connectivity index (χ1n) is 9.08. The molecule has 7 heteroatoms. The molecule has 1 amide bonds. The summed E-state index contributed by atoms with van der Waals surface area (Å²) in [6.45, 7) is 4.95. The zero-order valence-electron chi connectivity index (χ0n) is 15.4. The minimum absolute atomic E-state index is 0.0928. The number of fused-ring (bicyclic) bond motifs is 1. The van der Waals surface area contributed by atoms with Gasteiger partial charge in [0.25, 0.3) is 5.91 Å². The molecule has 2 aromatic heterocycles. The molecule has 27 heavy (non-hydrogen) atoms. The molecule has 0 radical (unpaired) electrons. The van der Waals surface area contributed by atoms with Gasteiger partial charge in [0.05, 0.1) is 23.8 Å². The summed E-state index contributed by atoms with van der Waals surface area (Å²) in [7, 11) is 0. The molecule has 1 aliphatic rings. The number of hydrogen-bond acceptors (Lipinski definition) is 6. The Morgan fingerprint density at radius 3 is 2.78 bits per heavy atom. The molecular formula is C20H21N5O2. The van der Waals surface area contributed by atoms with Crippen LogP contribution < -0.4 is 4.74 Å². The van der Waals surface area contributed by atoms with E-state index >= 15 is 0 Å². The molecule has 1 aliphatic heterocycles. The Labute approximate surface area is 157 Å². The summed E-state index contributed by atoms with van der Waals surface area (Å²) in [5, 5.41) is 0. The van der Waals surface area contributed by atoms with E-state index in [4.69, 9.17) is 4.74 Å². The number of ether oxygens (including phenoxy) is 1. The molecular weight excluding hydrogens is 342 g/mol. The zero-order valence-corrected chi connectivity index (χ0v) is 15.4. The normalized spacial score (nSPS) is 17.1. The molecule has 7 nitrogen and oxygen atoms in total. The number of aryl methyl sites for hydroxylation is 2. The average molecular weight is 363 g/mol. The second-order valence-electron chi connectivity index (χ2n) is 6.77. The van der Waals surface area contributed by atoms with Gasteiger partial charge in [-0.1, -0.05) is 12.1 Å². The van der Waals surface area contributed by atoms with E-state index in [0.29, 0.717) is 30.5 Å². The Morgan fingerprint density at radius 1 is 1.15 bits per heavy atom. The number of amides is 1. The quantitative estimate of drug-likeness (QED) is 0.712. The number of piperidine rings is 1. The number of aromatic nitrogens is 4. The third kappa shape index (κ3) is 3.86. The minimum Gasteiger partial charge on any atom is -0.472 e. The van der Waals surface area contributed by atoms with Crippen molar-refractivity contribution in [3.05, 3.63) is 53.7 Å². The van der Waals surface area contributed by atoms with Crippen LogP contribution in [-0.4, -0.2) is 49.9 Å². The van der Waals surface area contributed by atoms with Crippen LogP contribution >= 0.6 is 0 Å². The molecule has 138 valence electrons. The van der Waals surface area contributed by atoms with Gasteiger partial charge in [-0.15, -0.1) is 0 Å². The Hall–Kier alpha value is -3.09. The molecule has 1 aromatic carbocycles. The summed E-state index contributed by atoms with van der Waals surface area (Å²) in [5.41, 5.74) is 2.74. The number of carbonyl (C=O) groups excluding carboxylic acids is 1. The van der Waals surface area contributed by atoms with Gasteiger partial charge in [0, 0.05) is 18.3 Å². The number of hydrogen-bond donors (Lipinski definition) is 0. The Balaban J connectivity index is 1.48. The van der Waals surface area contributed by atoms with E-state index in [1.165, 1.54) is 0 Å². The standard InChI is InChI=1S/C20H21N5O2/c1-13-10-19(23-14(2)22-13)27-15-6-5-9-25(12-15)20(26)18-11-21-16-7-3-4-8-17(16)24-18/h3-4,7-8,10-11,15H,5-6,9,12H2,1-2H3. The monoisotopic (exact) mass is 363 g/mol. The molecule has 1 fully saturated rings. The summed E-state index contributed by atoms with van der Waals surface area (Å²) >= 11 is 0. The van der Waals surface area contributed by atoms with Gasteiger partial charge >= 0.3 is 0 Å². The number of nitrogens with zero attached hydrogens (tertiary/aromatic N) is 5. The largest absolute Gasteiger partial charge is 0.472 e. The predicted octanol–water partition coefficient (Wildman–Crippen LogP) is 2.72. The van der Waals surface area contributed by atoms with E-state index < -0.39 is 0 Å². The van der Waals surface area contributed by atoms with E-state index in [1.54, 1.807) is 11.1 Å². The molecule has 1 saturated heterocycles. The maximum Gasteiger partial charge on any atom is 0.274 e. The van der Waals surface area contributed by atoms with E-state index in [2.05, 4.69) is 19.9 Å². The molecule has 0 spiro atoms. The molecule has 4 rings (SSSR count). The Kier molecular flexibility index (Phi) is 4.66. The smallest absolute Gasteiger partial charge is 0.274 e. The van der Waals surface area contributed by atoms with Crippen molar-refractivity contribution in [1.82, 2.24) is 24.8 Å². The molecule has 1 atom stereocenters. The highest BCUT2D eigenvalue weighted by Gasteiger charge is 2.27. The van der Waals surface area contributed by atoms with Crippen LogP contribution in [0.2, 0.25) is 0 Å². The summed E-state index contributed by atoms with van der Waals surface area (Å²) in [6, 6.07) is 9.36. The van der Waals surface area contributed by atoms with Crippen LogP contribution in [-0.2, 0) is 0 Å². The third-order valence-electron chi connectivity index (χ3n) is 4.56. The fraction of sp³-hybridized carbons (Fsp3) is 0.350. The van der Waals surface area contributed by atoms with E-state index in [-0.39, 0.29) is 12.0 Å². The fourth-order valence-electron chi connectivity index (χ4n) is 3.36. The van der Waals surface area contributed by atoms with Gasteiger partial charge in [-0.2, -0.15) is 4.98 Å². The zero-order chi connectivity index (χ0) is 18.8. The van der Waals surface area contributed by atoms with Gasteiger partial charge in [-0.05, 0) is 38.8 Å². The van der Waals surface area contributed by atoms with Crippen LogP contribution in [0.15, 0.2) is 36.5 Å². The van der Waals surface area contributed by atoms with Crippen molar-refractivity contribution < 1.29 is 9.53 Å².